The van der Waals surface area contributed by atoms with Crippen LogP contribution < -0.4 is 10.2 Å². The number of benzene rings is 3. The van der Waals surface area contributed by atoms with Gasteiger partial charge in [-0.05, 0) is 35.4 Å². The topological polar surface area (TPSA) is 69.0 Å². The Hall–Kier alpha value is -3.90. The molecule has 33 heavy (non-hydrogen) atoms. The van der Waals surface area contributed by atoms with Crippen LogP contribution in [0.2, 0.25) is 0 Å². The Morgan fingerprint density at radius 2 is 1.73 bits per heavy atom. The summed E-state index contributed by atoms with van der Waals surface area (Å²) in [7, 11) is 1.58. The van der Waals surface area contributed by atoms with Gasteiger partial charge in [0.1, 0.15) is 17.9 Å². The highest BCUT2D eigenvalue weighted by Crippen LogP contribution is 2.38. The summed E-state index contributed by atoms with van der Waals surface area (Å²) < 4.78 is 17.2. The quantitative estimate of drug-likeness (QED) is 0.420. The van der Waals surface area contributed by atoms with Crippen LogP contribution in [0.5, 0.6) is 5.75 Å². The van der Waals surface area contributed by atoms with Gasteiger partial charge >= 0.3 is 0 Å². The molecule has 6 nitrogen and oxygen atoms in total. The molecule has 0 radical (unpaired) electrons. The molecule has 0 saturated carbocycles. The minimum Gasteiger partial charge on any atom is -0.489 e. The van der Waals surface area contributed by atoms with Gasteiger partial charge in [0.2, 0.25) is 5.76 Å². The van der Waals surface area contributed by atoms with Crippen LogP contribution in [0, 0.1) is 0 Å². The second-order valence-corrected chi connectivity index (χ2v) is 7.91. The molecule has 0 spiro atoms. The van der Waals surface area contributed by atoms with Crippen LogP contribution in [0.4, 0.5) is 0 Å². The van der Waals surface area contributed by atoms with E-state index in [0.29, 0.717) is 42.0 Å². The first-order valence-electron chi connectivity index (χ1n) is 10.8. The number of carbonyl (C=O) groups is 1. The van der Waals surface area contributed by atoms with E-state index < -0.39 is 6.04 Å². The fourth-order valence-electron chi connectivity index (χ4n) is 4.25. The van der Waals surface area contributed by atoms with Gasteiger partial charge in [-0.15, -0.1) is 0 Å². The zero-order valence-corrected chi connectivity index (χ0v) is 18.2. The number of ether oxygens (including phenoxy) is 2. The third-order valence-corrected chi connectivity index (χ3v) is 5.83. The molecule has 166 valence electrons. The van der Waals surface area contributed by atoms with E-state index in [2.05, 4.69) is 0 Å². The molecular weight excluding hydrogens is 418 g/mol. The molecule has 1 atom stereocenters. The van der Waals surface area contributed by atoms with Gasteiger partial charge in [0.15, 0.2) is 5.43 Å². The Labute approximate surface area is 191 Å². The number of amides is 1. The molecule has 0 aliphatic carbocycles. The summed E-state index contributed by atoms with van der Waals surface area (Å²) in [4.78, 5) is 28.4. The first-order chi connectivity index (χ1) is 16.2. The first kappa shape index (κ1) is 21.0. The van der Waals surface area contributed by atoms with Crippen molar-refractivity contribution < 1.29 is 18.7 Å². The van der Waals surface area contributed by atoms with Crippen molar-refractivity contribution in [2.75, 3.05) is 20.3 Å². The SMILES string of the molecule is COCCN1C(=O)c2oc3ccccc3c(=O)c2[C@@H]1c1cccc(OCc2ccccc2)c1. The summed E-state index contributed by atoms with van der Waals surface area (Å²) >= 11 is 0. The number of rotatable bonds is 7. The number of nitrogens with zero attached hydrogens (tertiary/aromatic N) is 1. The summed E-state index contributed by atoms with van der Waals surface area (Å²) in [6, 6.07) is 23.8. The zero-order chi connectivity index (χ0) is 22.8. The van der Waals surface area contributed by atoms with Crippen molar-refractivity contribution in [2.45, 2.75) is 12.6 Å². The molecule has 1 amide bonds. The van der Waals surface area contributed by atoms with Gasteiger partial charge in [-0.2, -0.15) is 0 Å². The second kappa shape index (κ2) is 8.92. The van der Waals surface area contributed by atoms with Crippen molar-refractivity contribution in [1.29, 1.82) is 0 Å². The zero-order valence-electron chi connectivity index (χ0n) is 18.2. The summed E-state index contributed by atoms with van der Waals surface area (Å²) in [5.74, 6) is 0.440. The van der Waals surface area contributed by atoms with Gasteiger partial charge in [-0.3, -0.25) is 9.59 Å². The Morgan fingerprint density at radius 3 is 2.55 bits per heavy atom. The summed E-state index contributed by atoms with van der Waals surface area (Å²) in [5, 5.41) is 0.458. The monoisotopic (exact) mass is 441 g/mol. The molecule has 5 rings (SSSR count). The van der Waals surface area contributed by atoms with E-state index in [0.717, 1.165) is 11.1 Å². The van der Waals surface area contributed by atoms with Gasteiger partial charge in [0.25, 0.3) is 5.91 Å². The predicted octanol–water partition coefficient (Wildman–Crippen LogP) is 4.56. The Bertz CT molecular complexity index is 1360. The van der Waals surface area contributed by atoms with E-state index in [-0.39, 0.29) is 17.1 Å². The minimum atomic E-state index is -0.580. The smallest absolute Gasteiger partial charge is 0.290 e. The molecule has 1 aliphatic rings. The number of hydrogen-bond acceptors (Lipinski definition) is 5. The Morgan fingerprint density at radius 1 is 0.939 bits per heavy atom. The molecule has 4 aromatic rings. The van der Waals surface area contributed by atoms with Crippen LogP contribution in [-0.2, 0) is 11.3 Å². The normalized spacial score (nSPS) is 15.1. The number of hydrogen-bond donors (Lipinski definition) is 0. The lowest BCUT2D eigenvalue weighted by Crippen LogP contribution is -2.32. The molecule has 1 aromatic heterocycles. The van der Waals surface area contributed by atoms with Crippen LogP contribution in [0.25, 0.3) is 11.0 Å². The minimum absolute atomic E-state index is 0.0930. The van der Waals surface area contributed by atoms with Crippen LogP contribution in [0.15, 0.2) is 88.1 Å². The molecule has 0 fully saturated rings. The van der Waals surface area contributed by atoms with Crippen LogP contribution in [0.1, 0.15) is 33.3 Å². The molecule has 1 aliphatic heterocycles. The lowest BCUT2D eigenvalue weighted by Gasteiger charge is -2.25. The molecule has 2 heterocycles. The summed E-state index contributed by atoms with van der Waals surface area (Å²) in [6.45, 7) is 1.09. The molecular formula is C27H23NO5. The average molecular weight is 441 g/mol. The van der Waals surface area contributed by atoms with E-state index in [4.69, 9.17) is 13.9 Å². The van der Waals surface area contributed by atoms with Gasteiger partial charge in [0, 0.05) is 13.7 Å². The maximum atomic E-state index is 13.5. The molecule has 6 heteroatoms. The van der Waals surface area contributed by atoms with Crippen molar-refractivity contribution in [2.24, 2.45) is 0 Å². The van der Waals surface area contributed by atoms with Crippen molar-refractivity contribution in [3.63, 3.8) is 0 Å². The van der Waals surface area contributed by atoms with Crippen molar-refractivity contribution in [3.05, 3.63) is 112 Å². The molecule has 0 unspecified atom stereocenters. The number of methoxy groups -OCH3 is 1. The number of fused-ring (bicyclic) bond motifs is 2. The molecule has 3 aromatic carbocycles. The van der Waals surface area contributed by atoms with Gasteiger partial charge in [-0.25, -0.2) is 0 Å². The predicted molar refractivity (Wildman–Crippen MR) is 124 cm³/mol. The summed E-state index contributed by atoms with van der Waals surface area (Å²) in [6.07, 6.45) is 0. The fourth-order valence-corrected chi connectivity index (χ4v) is 4.25. The molecule has 0 saturated heterocycles. The van der Waals surface area contributed by atoms with Crippen molar-refractivity contribution >= 4 is 16.9 Å². The first-order valence-corrected chi connectivity index (χ1v) is 10.8. The second-order valence-electron chi connectivity index (χ2n) is 7.91. The highest BCUT2D eigenvalue weighted by molar-refractivity contribution is 5.99. The average Bonchev–Trinajstić information content (AvgIpc) is 3.14. The van der Waals surface area contributed by atoms with Crippen molar-refractivity contribution in [1.82, 2.24) is 4.90 Å². The lowest BCUT2D eigenvalue weighted by molar-refractivity contribution is 0.0663. The van der Waals surface area contributed by atoms with Crippen LogP contribution in [0.3, 0.4) is 0 Å². The van der Waals surface area contributed by atoms with E-state index in [1.54, 1.807) is 36.3 Å². The third kappa shape index (κ3) is 3.90. The fraction of sp³-hybridized carbons (Fsp3) is 0.185. The van der Waals surface area contributed by atoms with E-state index in [1.165, 1.54) is 0 Å². The molecule has 0 N–H and O–H groups in total. The van der Waals surface area contributed by atoms with Crippen LogP contribution >= 0.6 is 0 Å². The standard InChI is InChI=1S/C27H23NO5/c1-31-15-14-28-24(19-10-7-11-20(16-19)32-17-18-8-3-2-4-9-18)23-25(29)21-12-5-6-13-22(21)33-26(23)27(28)30/h2-13,16,24H,14-15,17H2,1H3/t24-/m0/s1. The highest BCUT2D eigenvalue weighted by Gasteiger charge is 2.42. The van der Waals surface area contributed by atoms with E-state index in [1.807, 2.05) is 54.6 Å². The number of carbonyl (C=O) groups excluding carboxylic acids is 1. The maximum Gasteiger partial charge on any atom is 0.290 e. The van der Waals surface area contributed by atoms with Crippen molar-refractivity contribution in [3.8, 4) is 5.75 Å². The van der Waals surface area contributed by atoms with E-state index in [9.17, 15) is 9.59 Å². The van der Waals surface area contributed by atoms with E-state index >= 15 is 0 Å². The Balaban J connectivity index is 1.57. The summed E-state index contributed by atoms with van der Waals surface area (Å²) in [5.41, 5.74) is 2.40. The Kier molecular flexibility index (Phi) is 5.67. The molecule has 0 bridgehead atoms. The largest absolute Gasteiger partial charge is 0.489 e. The van der Waals surface area contributed by atoms with Crippen LogP contribution in [-0.4, -0.2) is 31.1 Å². The number of para-hydroxylation sites is 1. The maximum absolute atomic E-state index is 13.5. The van der Waals surface area contributed by atoms with Gasteiger partial charge in [-0.1, -0.05) is 54.6 Å². The van der Waals surface area contributed by atoms with Gasteiger partial charge in [0.05, 0.1) is 23.6 Å². The lowest BCUT2D eigenvalue weighted by atomic mass is 9.98. The third-order valence-electron chi connectivity index (χ3n) is 5.83. The van der Waals surface area contributed by atoms with Gasteiger partial charge < -0.3 is 18.8 Å². The highest BCUT2D eigenvalue weighted by atomic mass is 16.5.